The molecule has 4 rings (SSSR count). The van der Waals surface area contributed by atoms with E-state index in [4.69, 9.17) is 19.9 Å². The third kappa shape index (κ3) is 6.91. The topological polar surface area (TPSA) is 140 Å². The zero-order chi connectivity index (χ0) is 29.7. The van der Waals surface area contributed by atoms with Crippen molar-refractivity contribution in [3.05, 3.63) is 59.9 Å². The summed E-state index contributed by atoms with van der Waals surface area (Å²) >= 11 is 0. The SMILES string of the molecule is COCOc1cc(F)ccc1-c1cc(-c2cccc(NC(=O)[C@H]3CCCN3C(=O)OC(C)(C)C)c2)c(C#N)c(N)n1. The molecule has 3 N–H and O–H groups in total. The maximum atomic E-state index is 14.0. The summed E-state index contributed by atoms with van der Waals surface area (Å²) in [4.78, 5) is 31.7. The fourth-order valence-electron chi connectivity index (χ4n) is 4.57. The van der Waals surface area contributed by atoms with Crippen LogP contribution in [0.5, 0.6) is 5.75 Å². The zero-order valence-corrected chi connectivity index (χ0v) is 23.4. The number of rotatable bonds is 7. The molecule has 0 radical (unpaired) electrons. The van der Waals surface area contributed by atoms with Gasteiger partial charge < -0.3 is 25.3 Å². The molecule has 0 spiro atoms. The van der Waals surface area contributed by atoms with E-state index in [0.717, 1.165) is 0 Å². The molecule has 0 aliphatic carbocycles. The van der Waals surface area contributed by atoms with Crippen molar-refractivity contribution in [3.63, 3.8) is 0 Å². The second kappa shape index (κ2) is 12.2. The van der Waals surface area contributed by atoms with Crippen LogP contribution in [0.2, 0.25) is 0 Å². The predicted molar refractivity (Wildman–Crippen MR) is 151 cm³/mol. The van der Waals surface area contributed by atoms with Crippen LogP contribution < -0.4 is 15.8 Å². The van der Waals surface area contributed by atoms with Crippen molar-refractivity contribution in [2.75, 3.05) is 31.5 Å². The van der Waals surface area contributed by atoms with Crippen LogP contribution in [0, 0.1) is 17.1 Å². The van der Waals surface area contributed by atoms with Gasteiger partial charge in [0.2, 0.25) is 5.91 Å². The Morgan fingerprint density at radius 3 is 2.68 bits per heavy atom. The molecule has 2 amide bonds. The third-order valence-corrected chi connectivity index (χ3v) is 6.34. The molecule has 2 aromatic carbocycles. The number of nitriles is 1. The van der Waals surface area contributed by atoms with Crippen LogP contribution in [-0.4, -0.2) is 54.0 Å². The summed E-state index contributed by atoms with van der Waals surface area (Å²) in [7, 11) is 1.45. The minimum atomic E-state index is -0.677. The normalized spacial score (nSPS) is 14.8. The molecule has 1 aromatic heterocycles. The Balaban J connectivity index is 1.65. The highest BCUT2D eigenvalue weighted by Crippen LogP contribution is 2.36. The Kier molecular flexibility index (Phi) is 8.74. The van der Waals surface area contributed by atoms with Crippen LogP contribution in [0.15, 0.2) is 48.5 Å². The molecule has 1 atom stereocenters. The molecule has 41 heavy (non-hydrogen) atoms. The maximum absolute atomic E-state index is 14.0. The first-order valence-corrected chi connectivity index (χ1v) is 13.0. The molecular weight excluding hydrogens is 529 g/mol. The van der Waals surface area contributed by atoms with Gasteiger partial charge >= 0.3 is 6.09 Å². The van der Waals surface area contributed by atoms with Crippen molar-refractivity contribution in [1.29, 1.82) is 5.26 Å². The lowest BCUT2D eigenvalue weighted by atomic mass is 9.97. The molecule has 10 nitrogen and oxygen atoms in total. The minimum Gasteiger partial charge on any atom is -0.467 e. The van der Waals surface area contributed by atoms with E-state index in [-0.39, 0.29) is 29.8 Å². The Morgan fingerprint density at radius 2 is 1.98 bits per heavy atom. The number of nitrogen functional groups attached to an aromatic ring is 1. The number of benzene rings is 2. The van der Waals surface area contributed by atoms with E-state index in [9.17, 15) is 19.2 Å². The number of likely N-dealkylation sites (tertiary alicyclic amines) is 1. The van der Waals surface area contributed by atoms with Crippen LogP contribution >= 0.6 is 0 Å². The lowest BCUT2D eigenvalue weighted by Gasteiger charge is -2.28. The lowest BCUT2D eigenvalue weighted by molar-refractivity contribution is -0.120. The van der Waals surface area contributed by atoms with Crippen LogP contribution in [0.25, 0.3) is 22.4 Å². The van der Waals surface area contributed by atoms with Gasteiger partial charge in [-0.3, -0.25) is 9.69 Å². The first-order valence-electron chi connectivity index (χ1n) is 13.0. The van der Waals surface area contributed by atoms with E-state index >= 15 is 0 Å². The number of nitrogens with one attached hydrogen (secondary N) is 1. The molecule has 3 aromatic rings. The number of carbonyl (C=O) groups is 2. The van der Waals surface area contributed by atoms with Crippen LogP contribution in [0.3, 0.4) is 0 Å². The van der Waals surface area contributed by atoms with Gasteiger partial charge in [0.05, 0.1) is 5.69 Å². The largest absolute Gasteiger partial charge is 0.467 e. The van der Waals surface area contributed by atoms with Crippen LogP contribution in [0.1, 0.15) is 39.2 Å². The monoisotopic (exact) mass is 561 g/mol. The van der Waals surface area contributed by atoms with E-state index in [2.05, 4.69) is 16.4 Å². The molecule has 1 fully saturated rings. The first kappa shape index (κ1) is 29.3. The Labute approximate surface area is 237 Å². The number of aromatic nitrogens is 1. The van der Waals surface area contributed by atoms with Gasteiger partial charge in [0.1, 0.15) is 40.7 Å². The van der Waals surface area contributed by atoms with Gasteiger partial charge in [-0.1, -0.05) is 12.1 Å². The molecule has 1 saturated heterocycles. The second-order valence-corrected chi connectivity index (χ2v) is 10.5. The van der Waals surface area contributed by atoms with Crippen molar-refractivity contribution in [2.24, 2.45) is 0 Å². The molecule has 2 heterocycles. The highest BCUT2D eigenvalue weighted by Gasteiger charge is 2.36. The van der Waals surface area contributed by atoms with Crippen molar-refractivity contribution in [1.82, 2.24) is 9.88 Å². The molecule has 0 saturated carbocycles. The van der Waals surface area contributed by atoms with E-state index < -0.39 is 23.6 Å². The summed E-state index contributed by atoms with van der Waals surface area (Å²) in [5.41, 5.74) is 7.98. The summed E-state index contributed by atoms with van der Waals surface area (Å²) in [5.74, 6) is -0.665. The molecular formula is C30H32FN5O5. The number of halogens is 1. The average molecular weight is 562 g/mol. The molecule has 1 aliphatic heterocycles. The number of hydrogen-bond donors (Lipinski definition) is 2. The predicted octanol–water partition coefficient (Wildman–Crippen LogP) is 5.33. The molecule has 0 unspecified atom stereocenters. The molecule has 1 aliphatic rings. The molecule has 0 bridgehead atoms. The number of nitrogens with zero attached hydrogens (tertiary/aromatic N) is 3. The summed E-state index contributed by atoms with van der Waals surface area (Å²) in [6.45, 7) is 5.65. The van der Waals surface area contributed by atoms with E-state index in [0.29, 0.717) is 47.5 Å². The maximum Gasteiger partial charge on any atom is 0.410 e. The quantitative estimate of drug-likeness (QED) is 0.369. The summed E-state index contributed by atoms with van der Waals surface area (Å²) < 4.78 is 29.9. The van der Waals surface area contributed by atoms with Crippen molar-refractivity contribution < 1.29 is 28.2 Å². The summed E-state index contributed by atoms with van der Waals surface area (Å²) in [5, 5.41) is 12.8. The highest BCUT2D eigenvalue weighted by atomic mass is 19.1. The number of methoxy groups -OCH3 is 1. The fourth-order valence-corrected chi connectivity index (χ4v) is 4.57. The lowest BCUT2D eigenvalue weighted by Crippen LogP contribution is -2.45. The number of pyridine rings is 1. The van der Waals surface area contributed by atoms with E-state index in [1.165, 1.54) is 30.2 Å². The number of hydrogen-bond acceptors (Lipinski definition) is 8. The van der Waals surface area contributed by atoms with Gasteiger partial charge in [0.15, 0.2) is 6.79 Å². The van der Waals surface area contributed by atoms with Crippen molar-refractivity contribution >= 4 is 23.5 Å². The highest BCUT2D eigenvalue weighted by molar-refractivity contribution is 5.97. The number of nitrogens with two attached hydrogens (primary N) is 1. The van der Waals surface area contributed by atoms with Gasteiger partial charge in [-0.15, -0.1) is 0 Å². The average Bonchev–Trinajstić information content (AvgIpc) is 3.41. The van der Waals surface area contributed by atoms with Crippen molar-refractivity contribution in [3.8, 4) is 34.2 Å². The Bertz CT molecular complexity index is 1500. The number of anilines is 2. The van der Waals surface area contributed by atoms with E-state index in [1.54, 1.807) is 51.1 Å². The zero-order valence-electron chi connectivity index (χ0n) is 23.4. The van der Waals surface area contributed by atoms with Gasteiger partial charge in [-0.25, -0.2) is 14.2 Å². The molecule has 214 valence electrons. The fraction of sp³-hybridized carbons (Fsp3) is 0.333. The van der Waals surface area contributed by atoms with Gasteiger partial charge in [-0.2, -0.15) is 5.26 Å². The third-order valence-electron chi connectivity index (χ3n) is 6.34. The summed E-state index contributed by atoms with van der Waals surface area (Å²) in [6, 6.07) is 14.0. The Morgan fingerprint density at radius 1 is 1.20 bits per heavy atom. The Hall–Kier alpha value is -4.69. The van der Waals surface area contributed by atoms with Crippen LogP contribution in [0.4, 0.5) is 20.7 Å². The number of ether oxygens (including phenoxy) is 3. The van der Waals surface area contributed by atoms with Crippen molar-refractivity contribution in [2.45, 2.75) is 45.3 Å². The summed E-state index contributed by atoms with van der Waals surface area (Å²) in [6.07, 6.45) is 0.664. The number of carbonyl (C=O) groups excluding carboxylic acids is 2. The van der Waals surface area contributed by atoms with Gasteiger partial charge in [0.25, 0.3) is 0 Å². The first-order chi connectivity index (χ1) is 19.5. The standard InChI is InChI=1S/C30H32FN5O5/c1-30(2,3)41-29(38)36-12-6-9-25(36)28(37)34-20-8-5-7-18(13-20)22-15-24(35-27(33)23(22)16-32)21-11-10-19(31)14-26(21)40-17-39-4/h5,7-8,10-11,13-15,25H,6,9,12,17H2,1-4H3,(H2,33,35)(H,34,37)/t25-/m1/s1. The van der Waals surface area contributed by atoms with E-state index in [1.807, 2.05) is 0 Å². The van der Waals surface area contributed by atoms with Gasteiger partial charge in [-0.05, 0) is 69.5 Å². The smallest absolute Gasteiger partial charge is 0.410 e. The van der Waals surface area contributed by atoms with Crippen LogP contribution in [-0.2, 0) is 14.3 Å². The molecule has 11 heteroatoms. The minimum absolute atomic E-state index is 0.0181. The number of amides is 2. The van der Waals surface area contributed by atoms with Gasteiger partial charge in [0, 0.05) is 36.5 Å². The second-order valence-electron chi connectivity index (χ2n) is 10.5.